The van der Waals surface area contributed by atoms with Gasteiger partial charge in [0.05, 0.1) is 31.7 Å². The van der Waals surface area contributed by atoms with E-state index in [1.807, 2.05) is 24.3 Å². The van der Waals surface area contributed by atoms with E-state index in [1.54, 1.807) is 17.4 Å². The maximum Gasteiger partial charge on any atom is 0.317 e. The number of rotatable bonds is 5. The molecular weight excluding hydrogens is 346 g/mol. The smallest absolute Gasteiger partial charge is 0.317 e. The zero-order valence-corrected chi connectivity index (χ0v) is 15.5. The van der Waals surface area contributed by atoms with Gasteiger partial charge in [0.1, 0.15) is 17.6 Å². The van der Waals surface area contributed by atoms with Crippen LogP contribution in [0.5, 0.6) is 0 Å². The molecule has 2 saturated heterocycles. The molecule has 2 aromatic heterocycles. The van der Waals surface area contributed by atoms with Crippen molar-refractivity contribution in [3.63, 3.8) is 0 Å². The Labute approximate surface area is 159 Å². The molecule has 0 aromatic carbocycles. The molecule has 2 amide bonds. The molecule has 2 aliphatic rings. The molecule has 2 fully saturated rings. The highest BCUT2D eigenvalue weighted by molar-refractivity contribution is 5.74. The monoisotopic (exact) mass is 373 g/mol. The molecule has 7 heteroatoms. The number of furan rings is 2. The number of carbonyl (C=O) groups is 1. The highest BCUT2D eigenvalue weighted by atomic mass is 16.5. The first-order chi connectivity index (χ1) is 13.3. The standard InChI is InChI=1S/C20H27N3O4/c24-20(23-10-13-27-19(15-23)18-7-5-12-26-18)21-14-16(17-6-4-11-25-17)22-8-2-1-3-9-22/h4-7,11-12,16,19H,1-3,8-10,13-15H2,(H,21,24). The molecule has 2 atom stereocenters. The number of amides is 2. The lowest BCUT2D eigenvalue weighted by atomic mass is 10.1. The number of ether oxygens (including phenoxy) is 1. The highest BCUT2D eigenvalue weighted by Gasteiger charge is 2.29. The van der Waals surface area contributed by atoms with Crippen molar-refractivity contribution < 1.29 is 18.4 Å². The SMILES string of the molecule is O=C(NCC(c1ccco1)N1CCCCC1)N1CCOC(c2ccco2)C1. The van der Waals surface area contributed by atoms with Crippen LogP contribution in [0.3, 0.4) is 0 Å². The summed E-state index contributed by atoms with van der Waals surface area (Å²) in [6.45, 7) is 4.20. The number of carbonyl (C=O) groups excluding carboxylic acids is 1. The first kappa shape index (κ1) is 18.1. The van der Waals surface area contributed by atoms with Crippen molar-refractivity contribution in [2.45, 2.75) is 31.4 Å². The van der Waals surface area contributed by atoms with Crippen LogP contribution >= 0.6 is 0 Å². The van der Waals surface area contributed by atoms with Crippen molar-refractivity contribution in [3.05, 3.63) is 48.3 Å². The van der Waals surface area contributed by atoms with Crippen molar-refractivity contribution in [1.82, 2.24) is 15.1 Å². The average Bonchev–Trinajstić information content (AvgIpc) is 3.43. The third kappa shape index (κ3) is 4.36. The minimum absolute atomic E-state index is 0.0663. The normalized spacial score (nSPS) is 22.5. The summed E-state index contributed by atoms with van der Waals surface area (Å²) >= 11 is 0. The lowest BCUT2D eigenvalue weighted by Crippen LogP contribution is -2.49. The van der Waals surface area contributed by atoms with Crippen LogP contribution in [0.15, 0.2) is 45.6 Å². The Morgan fingerprint density at radius 2 is 1.93 bits per heavy atom. The first-order valence-corrected chi connectivity index (χ1v) is 9.76. The van der Waals surface area contributed by atoms with Crippen LogP contribution in [0.4, 0.5) is 4.79 Å². The largest absolute Gasteiger partial charge is 0.468 e. The molecule has 27 heavy (non-hydrogen) atoms. The number of nitrogens with zero attached hydrogens (tertiary/aromatic N) is 2. The van der Waals surface area contributed by atoms with Crippen LogP contribution in [-0.2, 0) is 4.74 Å². The van der Waals surface area contributed by atoms with E-state index in [-0.39, 0.29) is 18.2 Å². The van der Waals surface area contributed by atoms with Gasteiger partial charge in [-0.2, -0.15) is 0 Å². The number of nitrogens with one attached hydrogen (secondary N) is 1. The Bertz CT molecular complexity index is 695. The zero-order chi connectivity index (χ0) is 18.5. The van der Waals surface area contributed by atoms with E-state index >= 15 is 0 Å². The highest BCUT2D eigenvalue weighted by Crippen LogP contribution is 2.25. The number of hydrogen-bond acceptors (Lipinski definition) is 5. The molecule has 1 N–H and O–H groups in total. The van der Waals surface area contributed by atoms with E-state index in [0.29, 0.717) is 26.2 Å². The van der Waals surface area contributed by atoms with E-state index in [4.69, 9.17) is 13.6 Å². The summed E-state index contributed by atoms with van der Waals surface area (Å²) in [6.07, 6.45) is 6.78. The van der Waals surface area contributed by atoms with Crippen LogP contribution in [-0.4, -0.2) is 55.2 Å². The molecule has 7 nitrogen and oxygen atoms in total. The predicted octanol–water partition coefficient (Wildman–Crippen LogP) is 3.18. The molecule has 0 bridgehead atoms. The minimum atomic E-state index is -0.206. The summed E-state index contributed by atoms with van der Waals surface area (Å²) in [5, 5.41) is 3.10. The summed E-state index contributed by atoms with van der Waals surface area (Å²) in [5.74, 6) is 1.67. The maximum atomic E-state index is 12.7. The van der Waals surface area contributed by atoms with Gasteiger partial charge in [0.2, 0.25) is 0 Å². The minimum Gasteiger partial charge on any atom is -0.468 e. The van der Waals surface area contributed by atoms with Gasteiger partial charge in [-0.05, 0) is 50.2 Å². The molecule has 4 heterocycles. The summed E-state index contributed by atoms with van der Waals surface area (Å²) in [6, 6.07) is 7.63. The van der Waals surface area contributed by atoms with Crippen molar-refractivity contribution in [3.8, 4) is 0 Å². The van der Waals surface area contributed by atoms with Gasteiger partial charge in [0, 0.05) is 13.1 Å². The second-order valence-electron chi connectivity index (χ2n) is 7.13. The Morgan fingerprint density at radius 3 is 2.67 bits per heavy atom. The second kappa shape index (κ2) is 8.63. The average molecular weight is 373 g/mol. The Hall–Kier alpha value is -2.25. The molecule has 2 unspecified atom stereocenters. The van der Waals surface area contributed by atoms with Gasteiger partial charge in [0.25, 0.3) is 0 Å². The number of piperidine rings is 1. The number of likely N-dealkylation sites (tertiary alicyclic amines) is 1. The van der Waals surface area contributed by atoms with Gasteiger partial charge in [-0.25, -0.2) is 4.79 Å². The van der Waals surface area contributed by atoms with Crippen LogP contribution < -0.4 is 5.32 Å². The van der Waals surface area contributed by atoms with Gasteiger partial charge < -0.3 is 23.8 Å². The van der Waals surface area contributed by atoms with Crippen molar-refractivity contribution in [2.75, 3.05) is 39.3 Å². The van der Waals surface area contributed by atoms with Crippen molar-refractivity contribution in [2.24, 2.45) is 0 Å². The third-order valence-electron chi connectivity index (χ3n) is 5.36. The van der Waals surface area contributed by atoms with Crippen molar-refractivity contribution >= 4 is 6.03 Å². The molecule has 146 valence electrons. The molecule has 0 spiro atoms. The van der Waals surface area contributed by atoms with E-state index in [0.717, 1.165) is 24.6 Å². The molecule has 0 aliphatic carbocycles. The predicted molar refractivity (Wildman–Crippen MR) is 99.2 cm³/mol. The topological polar surface area (TPSA) is 71.1 Å². The van der Waals surface area contributed by atoms with E-state index < -0.39 is 0 Å². The summed E-state index contributed by atoms with van der Waals surface area (Å²) < 4.78 is 16.8. The summed E-state index contributed by atoms with van der Waals surface area (Å²) in [4.78, 5) is 17.0. The molecule has 0 radical (unpaired) electrons. The fraction of sp³-hybridized carbons (Fsp3) is 0.550. The summed E-state index contributed by atoms with van der Waals surface area (Å²) in [7, 11) is 0. The number of urea groups is 1. The molecule has 0 saturated carbocycles. The van der Waals surface area contributed by atoms with Gasteiger partial charge in [-0.15, -0.1) is 0 Å². The fourth-order valence-corrected chi connectivity index (χ4v) is 3.90. The fourth-order valence-electron chi connectivity index (χ4n) is 3.90. The second-order valence-corrected chi connectivity index (χ2v) is 7.13. The number of hydrogen-bond donors (Lipinski definition) is 1. The zero-order valence-electron chi connectivity index (χ0n) is 15.5. The molecule has 2 aliphatic heterocycles. The Morgan fingerprint density at radius 1 is 1.11 bits per heavy atom. The van der Waals surface area contributed by atoms with Crippen LogP contribution in [0.1, 0.15) is 42.9 Å². The van der Waals surface area contributed by atoms with Crippen LogP contribution in [0.25, 0.3) is 0 Å². The van der Waals surface area contributed by atoms with Gasteiger partial charge in [-0.3, -0.25) is 4.90 Å². The molecule has 2 aromatic rings. The summed E-state index contributed by atoms with van der Waals surface area (Å²) in [5.41, 5.74) is 0. The van der Waals surface area contributed by atoms with Gasteiger partial charge in [0.15, 0.2) is 0 Å². The Balaban J connectivity index is 1.36. The Kier molecular flexibility index (Phi) is 5.79. The van der Waals surface area contributed by atoms with E-state index in [9.17, 15) is 4.79 Å². The van der Waals surface area contributed by atoms with E-state index in [1.165, 1.54) is 19.3 Å². The molecule has 4 rings (SSSR count). The first-order valence-electron chi connectivity index (χ1n) is 9.76. The van der Waals surface area contributed by atoms with Crippen LogP contribution in [0.2, 0.25) is 0 Å². The maximum absolute atomic E-state index is 12.7. The quantitative estimate of drug-likeness (QED) is 0.872. The van der Waals surface area contributed by atoms with E-state index in [2.05, 4.69) is 10.2 Å². The third-order valence-corrected chi connectivity index (χ3v) is 5.36. The molecular formula is C20H27N3O4. The van der Waals surface area contributed by atoms with Gasteiger partial charge >= 0.3 is 6.03 Å². The number of morpholine rings is 1. The lowest BCUT2D eigenvalue weighted by molar-refractivity contribution is -0.0262. The van der Waals surface area contributed by atoms with Crippen LogP contribution in [0, 0.1) is 0 Å². The lowest BCUT2D eigenvalue weighted by Gasteiger charge is -2.35. The van der Waals surface area contributed by atoms with Gasteiger partial charge in [-0.1, -0.05) is 6.42 Å². The van der Waals surface area contributed by atoms with Crippen molar-refractivity contribution in [1.29, 1.82) is 0 Å².